The normalized spacial score (nSPS) is 18.7. The summed E-state index contributed by atoms with van der Waals surface area (Å²) in [6, 6.07) is 9.80. The second-order valence-electron chi connectivity index (χ2n) is 7.77. The molecule has 2 aromatic rings. The van der Waals surface area contributed by atoms with Crippen molar-refractivity contribution < 1.29 is 9.59 Å². The summed E-state index contributed by atoms with van der Waals surface area (Å²) in [7, 11) is 0. The Bertz CT molecular complexity index is 804. The molecule has 1 aliphatic rings. The highest BCUT2D eigenvalue weighted by atomic mass is 32.2. The van der Waals surface area contributed by atoms with E-state index >= 15 is 0 Å². The summed E-state index contributed by atoms with van der Waals surface area (Å²) in [6.07, 6.45) is 8.04. The molecular formula is C22H30N4O2S2. The first-order valence-electron chi connectivity index (χ1n) is 10.7. The lowest BCUT2D eigenvalue weighted by Crippen LogP contribution is -2.27. The Labute approximate surface area is 186 Å². The Morgan fingerprint density at radius 1 is 1.13 bits per heavy atom. The monoisotopic (exact) mass is 446 g/mol. The van der Waals surface area contributed by atoms with Crippen LogP contribution in [0.3, 0.4) is 0 Å². The van der Waals surface area contributed by atoms with Gasteiger partial charge in [-0.1, -0.05) is 79.6 Å². The number of carbonyl (C=O) groups is 2. The minimum atomic E-state index is -0.0514. The zero-order valence-electron chi connectivity index (χ0n) is 17.4. The molecule has 0 bridgehead atoms. The molecule has 3 rings (SSSR count). The van der Waals surface area contributed by atoms with Crippen molar-refractivity contribution in [3.63, 3.8) is 0 Å². The van der Waals surface area contributed by atoms with E-state index in [1.54, 1.807) is 0 Å². The first-order valence-corrected chi connectivity index (χ1v) is 12.5. The van der Waals surface area contributed by atoms with Crippen LogP contribution in [-0.2, 0) is 16.1 Å². The number of aromatic nitrogens is 2. The molecule has 1 heterocycles. The third-order valence-corrected chi connectivity index (χ3v) is 7.45. The fraction of sp³-hybridized carbons (Fsp3) is 0.545. The van der Waals surface area contributed by atoms with Crippen molar-refractivity contribution in [2.24, 2.45) is 11.8 Å². The number of anilines is 1. The van der Waals surface area contributed by atoms with Crippen molar-refractivity contribution >= 4 is 40.0 Å². The first kappa shape index (κ1) is 22.7. The summed E-state index contributed by atoms with van der Waals surface area (Å²) >= 11 is 2.66. The molecule has 1 aliphatic carbocycles. The van der Waals surface area contributed by atoms with Gasteiger partial charge in [-0.15, -0.1) is 10.2 Å². The standard InChI is InChI=1S/C22H30N4O2S2/c1-2-3-7-16-10-12-18(13-11-16)20(28)24-21-25-26-22(30-21)29-15-19(27)23-14-17-8-5-4-6-9-17/h4-6,8-9,16,18H,2-3,7,10-15H2,1H3,(H,23,27)(H,24,25,28). The smallest absolute Gasteiger partial charge is 0.230 e. The van der Waals surface area contributed by atoms with Gasteiger partial charge in [0, 0.05) is 12.5 Å². The number of rotatable bonds is 10. The third-order valence-electron chi connectivity index (χ3n) is 5.48. The molecule has 1 aromatic carbocycles. The van der Waals surface area contributed by atoms with Crippen LogP contribution >= 0.6 is 23.1 Å². The number of hydrogen-bond donors (Lipinski definition) is 2. The Kier molecular flexibility index (Phi) is 9.14. The molecule has 0 spiro atoms. The fourth-order valence-electron chi connectivity index (χ4n) is 3.71. The molecule has 0 unspecified atom stereocenters. The molecule has 0 aliphatic heterocycles. The van der Waals surface area contributed by atoms with E-state index in [0.29, 0.717) is 16.0 Å². The maximum absolute atomic E-state index is 12.5. The highest BCUT2D eigenvalue weighted by molar-refractivity contribution is 8.01. The van der Waals surface area contributed by atoms with Crippen LogP contribution in [0.4, 0.5) is 5.13 Å². The maximum Gasteiger partial charge on any atom is 0.230 e. The van der Waals surface area contributed by atoms with E-state index < -0.39 is 0 Å². The van der Waals surface area contributed by atoms with Gasteiger partial charge in [-0.3, -0.25) is 9.59 Å². The highest BCUT2D eigenvalue weighted by Gasteiger charge is 2.26. The summed E-state index contributed by atoms with van der Waals surface area (Å²) in [5.41, 5.74) is 1.07. The summed E-state index contributed by atoms with van der Waals surface area (Å²) in [5, 5.41) is 14.5. The molecule has 0 radical (unpaired) electrons. The summed E-state index contributed by atoms with van der Waals surface area (Å²) in [4.78, 5) is 24.6. The first-order chi connectivity index (χ1) is 14.6. The molecule has 162 valence electrons. The van der Waals surface area contributed by atoms with Crippen molar-refractivity contribution in [3.05, 3.63) is 35.9 Å². The van der Waals surface area contributed by atoms with Gasteiger partial charge in [0.05, 0.1) is 5.75 Å². The minimum Gasteiger partial charge on any atom is -0.351 e. The van der Waals surface area contributed by atoms with Crippen LogP contribution in [0.2, 0.25) is 0 Å². The molecule has 1 aromatic heterocycles. The molecule has 2 amide bonds. The number of nitrogens with zero attached hydrogens (tertiary/aromatic N) is 2. The molecule has 1 saturated carbocycles. The van der Waals surface area contributed by atoms with Crippen LogP contribution in [0, 0.1) is 11.8 Å². The van der Waals surface area contributed by atoms with Gasteiger partial charge in [-0.2, -0.15) is 0 Å². The SMILES string of the molecule is CCCCC1CCC(C(=O)Nc2nnc(SCC(=O)NCc3ccccc3)s2)CC1. The van der Waals surface area contributed by atoms with Gasteiger partial charge in [0.1, 0.15) is 0 Å². The molecule has 2 N–H and O–H groups in total. The Balaban J connectivity index is 1.36. The van der Waals surface area contributed by atoms with Gasteiger partial charge in [0.15, 0.2) is 4.34 Å². The largest absolute Gasteiger partial charge is 0.351 e. The number of amides is 2. The summed E-state index contributed by atoms with van der Waals surface area (Å²) < 4.78 is 0.684. The van der Waals surface area contributed by atoms with Crippen molar-refractivity contribution in [1.29, 1.82) is 0 Å². The molecule has 1 fully saturated rings. The number of nitrogens with one attached hydrogen (secondary N) is 2. The molecule has 8 heteroatoms. The van der Waals surface area contributed by atoms with Crippen LogP contribution in [0.5, 0.6) is 0 Å². The fourth-order valence-corrected chi connectivity index (χ4v) is 5.29. The predicted molar refractivity (Wildman–Crippen MR) is 123 cm³/mol. The van der Waals surface area contributed by atoms with Gasteiger partial charge in [0.2, 0.25) is 16.9 Å². The van der Waals surface area contributed by atoms with E-state index in [4.69, 9.17) is 0 Å². The zero-order valence-corrected chi connectivity index (χ0v) is 19.1. The second kappa shape index (κ2) is 12.1. The number of carbonyl (C=O) groups excluding carboxylic acids is 2. The number of unbranched alkanes of at least 4 members (excludes halogenated alkanes) is 1. The van der Waals surface area contributed by atoms with E-state index in [9.17, 15) is 9.59 Å². The third kappa shape index (κ3) is 7.40. The van der Waals surface area contributed by atoms with Gasteiger partial charge in [0.25, 0.3) is 0 Å². The van der Waals surface area contributed by atoms with Gasteiger partial charge in [-0.25, -0.2) is 0 Å². The predicted octanol–water partition coefficient (Wildman–Crippen LogP) is 4.88. The van der Waals surface area contributed by atoms with Crippen LogP contribution in [-0.4, -0.2) is 27.8 Å². The molecular weight excluding hydrogens is 416 g/mol. The Morgan fingerprint density at radius 2 is 1.90 bits per heavy atom. The number of thioether (sulfide) groups is 1. The molecule has 0 saturated heterocycles. The average molecular weight is 447 g/mol. The van der Waals surface area contributed by atoms with E-state index in [1.807, 2.05) is 30.3 Å². The maximum atomic E-state index is 12.5. The average Bonchev–Trinajstić information content (AvgIpc) is 3.23. The topological polar surface area (TPSA) is 84.0 Å². The molecule has 0 atom stereocenters. The second-order valence-corrected chi connectivity index (χ2v) is 9.97. The zero-order chi connectivity index (χ0) is 21.2. The minimum absolute atomic E-state index is 0.0514. The number of hydrogen-bond acceptors (Lipinski definition) is 6. The number of benzene rings is 1. The highest BCUT2D eigenvalue weighted by Crippen LogP contribution is 2.33. The van der Waals surface area contributed by atoms with E-state index in [2.05, 4.69) is 27.8 Å². The van der Waals surface area contributed by atoms with Crippen molar-refractivity contribution in [2.75, 3.05) is 11.1 Å². The van der Waals surface area contributed by atoms with Crippen LogP contribution in [0.1, 0.15) is 57.4 Å². The molecule has 30 heavy (non-hydrogen) atoms. The Hall–Kier alpha value is -1.93. The van der Waals surface area contributed by atoms with Gasteiger partial charge < -0.3 is 10.6 Å². The lowest BCUT2D eigenvalue weighted by Gasteiger charge is -2.27. The van der Waals surface area contributed by atoms with Gasteiger partial charge in [-0.05, 0) is 37.2 Å². The van der Waals surface area contributed by atoms with E-state index in [-0.39, 0.29) is 23.5 Å². The van der Waals surface area contributed by atoms with E-state index in [1.165, 1.54) is 42.4 Å². The van der Waals surface area contributed by atoms with E-state index in [0.717, 1.165) is 37.2 Å². The van der Waals surface area contributed by atoms with Crippen molar-refractivity contribution in [1.82, 2.24) is 15.5 Å². The van der Waals surface area contributed by atoms with Crippen LogP contribution in [0.15, 0.2) is 34.7 Å². The Morgan fingerprint density at radius 3 is 2.63 bits per heavy atom. The summed E-state index contributed by atoms with van der Waals surface area (Å²) in [5.74, 6) is 1.14. The summed E-state index contributed by atoms with van der Waals surface area (Å²) in [6.45, 7) is 2.74. The van der Waals surface area contributed by atoms with Gasteiger partial charge >= 0.3 is 0 Å². The lowest BCUT2D eigenvalue weighted by atomic mass is 9.79. The van der Waals surface area contributed by atoms with Crippen LogP contribution in [0.25, 0.3) is 0 Å². The van der Waals surface area contributed by atoms with Crippen LogP contribution < -0.4 is 10.6 Å². The van der Waals surface area contributed by atoms with Crippen molar-refractivity contribution in [2.45, 2.75) is 62.8 Å². The lowest BCUT2D eigenvalue weighted by molar-refractivity contribution is -0.121. The quantitative estimate of drug-likeness (QED) is 0.401. The molecule has 6 nitrogen and oxygen atoms in total. The van der Waals surface area contributed by atoms with Crippen molar-refractivity contribution in [3.8, 4) is 0 Å².